The van der Waals surface area contributed by atoms with Crippen LogP contribution in [0, 0.1) is 6.92 Å². The van der Waals surface area contributed by atoms with Gasteiger partial charge in [0, 0.05) is 23.9 Å². The molecule has 0 spiro atoms. The van der Waals surface area contributed by atoms with E-state index in [4.69, 9.17) is 9.15 Å². The van der Waals surface area contributed by atoms with E-state index in [0.717, 1.165) is 22.2 Å². The van der Waals surface area contributed by atoms with E-state index in [1.54, 1.807) is 13.2 Å². The number of methoxy groups -OCH3 is 1. The Hall–Kier alpha value is -3.00. The molecule has 0 aliphatic heterocycles. The summed E-state index contributed by atoms with van der Waals surface area (Å²) in [5.41, 5.74) is 2.06. The van der Waals surface area contributed by atoms with E-state index in [0.29, 0.717) is 22.2 Å². The van der Waals surface area contributed by atoms with Gasteiger partial charge >= 0.3 is 0 Å². The number of carbonyl (C=O) groups is 1. The van der Waals surface area contributed by atoms with E-state index < -0.39 is 0 Å². The number of anilines is 1. The maximum Gasteiger partial charge on any atom is 0.237 e. The van der Waals surface area contributed by atoms with Gasteiger partial charge in [-0.2, -0.15) is 0 Å². The molecule has 1 N–H and O–H groups in total. The predicted molar refractivity (Wildman–Crippen MR) is 110 cm³/mol. The summed E-state index contributed by atoms with van der Waals surface area (Å²) in [4.78, 5) is 12.7. The molecule has 4 rings (SSSR count). The first-order valence-electron chi connectivity index (χ1n) is 8.80. The Bertz CT molecular complexity index is 1180. The van der Waals surface area contributed by atoms with Gasteiger partial charge in [-0.05, 0) is 26.0 Å². The van der Waals surface area contributed by atoms with Gasteiger partial charge < -0.3 is 19.0 Å². The number of aromatic nitrogens is 3. The second kappa shape index (κ2) is 7.20. The first-order chi connectivity index (χ1) is 13.5. The summed E-state index contributed by atoms with van der Waals surface area (Å²) in [7, 11) is 3.46. The van der Waals surface area contributed by atoms with Gasteiger partial charge in [-0.25, -0.2) is 0 Å². The molecule has 0 aliphatic rings. The van der Waals surface area contributed by atoms with Crippen LogP contribution in [0.15, 0.2) is 46.0 Å². The lowest BCUT2D eigenvalue weighted by atomic mass is 10.1. The molecule has 0 saturated carbocycles. The standard InChI is InChI=1S/C20H20N4O3S/c1-11(28-20-23-22-12(2)24(20)3)19(25)21-15-10-17-14(9-18(15)26-4)13-7-5-6-8-16(13)27-17/h5-11H,1-4H3,(H,21,25)/t11-/m0/s1. The highest BCUT2D eigenvalue weighted by molar-refractivity contribution is 8.00. The number of hydrogen-bond donors (Lipinski definition) is 1. The van der Waals surface area contributed by atoms with Crippen LogP contribution in [-0.2, 0) is 11.8 Å². The molecule has 2 aromatic carbocycles. The van der Waals surface area contributed by atoms with Crippen molar-refractivity contribution >= 4 is 45.3 Å². The number of amides is 1. The van der Waals surface area contributed by atoms with Crippen molar-refractivity contribution < 1.29 is 13.9 Å². The van der Waals surface area contributed by atoms with Crippen molar-refractivity contribution in [2.75, 3.05) is 12.4 Å². The van der Waals surface area contributed by atoms with Crippen LogP contribution in [0.2, 0.25) is 0 Å². The average Bonchev–Trinajstić information content (AvgIpc) is 3.21. The molecule has 0 bridgehead atoms. The van der Waals surface area contributed by atoms with Crippen molar-refractivity contribution in [3.05, 3.63) is 42.2 Å². The SMILES string of the molecule is COc1cc2c(cc1NC(=O)[C@H](C)Sc1nnc(C)n1C)oc1ccccc12. The Labute approximate surface area is 166 Å². The summed E-state index contributed by atoms with van der Waals surface area (Å²) >= 11 is 1.35. The number of thioether (sulfide) groups is 1. The molecule has 2 heterocycles. The third-order valence-electron chi connectivity index (χ3n) is 4.66. The molecule has 8 heteroatoms. The van der Waals surface area contributed by atoms with E-state index in [1.807, 2.05) is 55.8 Å². The number of para-hydroxylation sites is 1. The lowest BCUT2D eigenvalue weighted by Crippen LogP contribution is -2.23. The molecular weight excluding hydrogens is 376 g/mol. The third-order valence-corrected chi connectivity index (χ3v) is 5.79. The van der Waals surface area contributed by atoms with Gasteiger partial charge in [0.1, 0.15) is 22.7 Å². The zero-order chi connectivity index (χ0) is 19.8. The van der Waals surface area contributed by atoms with Crippen molar-refractivity contribution in [1.29, 1.82) is 0 Å². The number of rotatable bonds is 5. The molecule has 0 radical (unpaired) electrons. The molecule has 7 nitrogen and oxygen atoms in total. The van der Waals surface area contributed by atoms with E-state index >= 15 is 0 Å². The van der Waals surface area contributed by atoms with E-state index in [-0.39, 0.29) is 11.2 Å². The number of nitrogens with zero attached hydrogens (tertiary/aromatic N) is 3. The minimum Gasteiger partial charge on any atom is -0.495 e. The first kappa shape index (κ1) is 18.4. The van der Waals surface area contributed by atoms with Crippen LogP contribution >= 0.6 is 11.8 Å². The van der Waals surface area contributed by atoms with Gasteiger partial charge in [0.2, 0.25) is 5.91 Å². The van der Waals surface area contributed by atoms with E-state index in [1.165, 1.54) is 11.8 Å². The first-order valence-corrected chi connectivity index (χ1v) is 9.68. The van der Waals surface area contributed by atoms with E-state index in [9.17, 15) is 4.79 Å². The Morgan fingerprint density at radius 2 is 2.00 bits per heavy atom. The summed E-state index contributed by atoms with van der Waals surface area (Å²) in [5, 5.41) is 13.4. The normalized spacial score (nSPS) is 12.4. The van der Waals surface area contributed by atoms with Crippen LogP contribution in [0.25, 0.3) is 21.9 Å². The summed E-state index contributed by atoms with van der Waals surface area (Å²) < 4.78 is 13.3. The number of hydrogen-bond acceptors (Lipinski definition) is 6. The monoisotopic (exact) mass is 396 g/mol. The third kappa shape index (κ3) is 3.20. The minimum atomic E-state index is -0.363. The lowest BCUT2D eigenvalue weighted by Gasteiger charge is -2.14. The number of carbonyl (C=O) groups excluding carboxylic acids is 1. The summed E-state index contributed by atoms with van der Waals surface area (Å²) in [5.74, 6) is 1.23. The largest absolute Gasteiger partial charge is 0.495 e. The highest BCUT2D eigenvalue weighted by Crippen LogP contribution is 2.36. The van der Waals surface area contributed by atoms with Crippen LogP contribution in [0.4, 0.5) is 5.69 Å². The smallest absolute Gasteiger partial charge is 0.237 e. The van der Waals surface area contributed by atoms with Gasteiger partial charge in [0.05, 0.1) is 18.0 Å². The zero-order valence-electron chi connectivity index (χ0n) is 16.0. The maximum absolute atomic E-state index is 12.7. The molecule has 0 fully saturated rings. The fourth-order valence-electron chi connectivity index (χ4n) is 2.95. The molecule has 0 aliphatic carbocycles. The fourth-order valence-corrected chi connectivity index (χ4v) is 3.81. The van der Waals surface area contributed by atoms with Crippen molar-refractivity contribution in [3.63, 3.8) is 0 Å². The topological polar surface area (TPSA) is 82.2 Å². The van der Waals surface area contributed by atoms with Crippen LogP contribution in [0.3, 0.4) is 0 Å². The number of nitrogens with one attached hydrogen (secondary N) is 1. The van der Waals surface area contributed by atoms with Crippen molar-refractivity contribution in [1.82, 2.24) is 14.8 Å². The Balaban J connectivity index is 1.61. The highest BCUT2D eigenvalue weighted by Gasteiger charge is 2.20. The molecule has 0 unspecified atom stereocenters. The van der Waals surface area contributed by atoms with Gasteiger partial charge in [-0.3, -0.25) is 4.79 Å². The highest BCUT2D eigenvalue weighted by atomic mass is 32.2. The molecule has 1 atom stereocenters. The maximum atomic E-state index is 12.7. The minimum absolute atomic E-state index is 0.153. The predicted octanol–water partition coefficient (Wildman–Crippen LogP) is 4.15. The Morgan fingerprint density at radius 3 is 2.71 bits per heavy atom. The van der Waals surface area contributed by atoms with Crippen LogP contribution < -0.4 is 10.1 Å². The second-order valence-electron chi connectivity index (χ2n) is 6.49. The molecule has 1 amide bonds. The van der Waals surface area contributed by atoms with Crippen molar-refractivity contribution in [2.45, 2.75) is 24.3 Å². The molecule has 144 valence electrons. The number of furan rings is 1. The van der Waals surface area contributed by atoms with Gasteiger partial charge in [-0.1, -0.05) is 30.0 Å². The molecular formula is C20H20N4O3S. The van der Waals surface area contributed by atoms with Gasteiger partial charge in [0.15, 0.2) is 5.16 Å². The van der Waals surface area contributed by atoms with E-state index in [2.05, 4.69) is 15.5 Å². The summed E-state index contributed by atoms with van der Waals surface area (Å²) in [6.07, 6.45) is 0. The zero-order valence-corrected chi connectivity index (χ0v) is 16.8. The van der Waals surface area contributed by atoms with Crippen molar-refractivity contribution in [2.24, 2.45) is 7.05 Å². The Kier molecular flexibility index (Phi) is 4.72. The van der Waals surface area contributed by atoms with Crippen LogP contribution in [0.5, 0.6) is 5.75 Å². The van der Waals surface area contributed by atoms with Crippen LogP contribution in [-0.4, -0.2) is 33.0 Å². The molecule has 28 heavy (non-hydrogen) atoms. The summed E-state index contributed by atoms with van der Waals surface area (Å²) in [6.45, 7) is 3.70. The number of benzene rings is 2. The molecule has 2 aromatic heterocycles. The molecule has 4 aromatic rings. The number of aryl methyl sites for hydroxylation is 1. The second-order valence-corrected chi connectivity index (χ2v) is 7.79. The van der Waals surface area contributed by atoms with Crippen LogP contribution in [0.1, 0.15) is 12.7 Å². The van der Waals surface area contributed by atoms with Gasteiger partial charge in [-0.15, -0.1) is 10.2 Å². The van der Waals surface area contributed by atoms with Gasteiger partial charge in [0.25, 0.3) is 0 Å². The number of fused-ring (bicyclic) bond motifs is 3. The molecule has 0 saturated heterocycles. The Morgan fingerprint density at radius 1 is 1.21 bits per heavy atom. The summed E-state index contributed by atoms with van der Waals surface area (Å²) in [6, 6.07) is 11.5. The van der Waals surface area contributed by atoms with Crippen molar-refractivity contribution in [3.8, 4) is 5.75 Å². The quantitative estimate of drug-likeness (QED) is 0.510. The lowest BCUT2D eigenvalue weighted by molar-refractivity contribution is -0.115. The average molecular weight is 396 g/mol. The number of ether oxygens (including phenoxy) is 1. The fraction of sp³-hybridized carbons (Fsp3) is 0.250.